The van der Waals surface area contributed by atoms with E-state index in [4.69, 9.17) is 28.7 Å². The van der Waals surface area contributed by atoms with Crippen molar-refractivity contribution in [1.82, 2.24) is 4.98 Å². The number of carboxylic acids is 1. The fourth-order valence-electron chi connectivity index (χ4n) is 7.29. The van der Waals surface area contributed by atoms with Crippen molar-refractivity contribution in [3.63, 3.8) is 0 Å². The molecule has 1 heterocycles. The Hall–Kier alpha value is -4.28. The molecule has 1 atom stereocenters. The summed E-state index contributed by atoms with van der Waals surface area (Å²) in [5.41, 5.74) is 1.26. The second-order valence-electron chi connectivity index (χ2n) is 16.1. The van der Waals surface area contributed by atoms with Gasteiger partial charge in [-0.05, 0) is 43.0 Å². The molecule has 11 heteroatoms. The quantitative estimate of drug-likeness (QED) is 0.0264. The number of esters is 3. The van der Waals surface area contributed by atoms with Gasteiger partial charge in [-0.2, -0.15) is 0 Å². The third-order valence-corrected chi connectivity index (χ3v) is 10.7. The van der Waals surface area contributed by atoms with Crippen LogP contribution in [0, 0.1) is 0 Å². The Labute approximate surface area is 351 Å². The summed E-state index contributed by atoms with van der Waals surface area (Å²) in [7, 11) is 0. The number of ether oxygens (including phenoxy) is 3. The molecule has 1 aromatic carbocycles. The van der Waals surface area contributed by atoms with Crippen molar-refractivity contribution < 1.29 is 42.9 Å². The maximum Gasteiger partial charge on any atom is 0.311 e. The number of carbonyl (C=O) groups is 4. The number of nitrogens with zero attached hydrogens (tertiary/aromatic N) is 1. The van der Waals surface area contributed by atoms with Gasteiger partial charge in [0.25, 0.3) is 0 Å². The normalized spacial score (nSPS) is 11.8. The number of unbranched alkanes of at least 4 members (excludes halogenated alkanes) is 20. The van der Waals surface area contributed by atoms with Gasteiger partial charge in [-0.3, -0.25) is 24.0 Å². The molecule has 1 unspecified atom stereocenters. The van der Waals surface area contributed by atoms with Crippen molar-refractivity contribution in [2.24, 2.45) is 0 Å². The average molecular weight is 822 g/mol. The molecular formula is C48H71NO10. The van der Waals surface area contributed by atoms with Crippen LogP contribution in [-0.2, 0) is 35.1 Å². The fourth-order valence-corrected chi connectivity index (χ4v) is 7.29. The fraction of sp³-hybridized carbons (Fsp3) is 0.667. The molecule has 11 nitrogen and oxygen atoms in total. The second-order valence-corrected chi connectivity index (χ2v) is 16.1. The van der Waals surface area contributed by atoms with Gasteiger partial charge in [-0.25, -0.2) is 4.98 Å². The van der Waals surface area contributed by atoms with Crippen LogP contribution in [0.1, 0.15) is 193 Å². The lowest BCUT2D eigenvalue weighted by Gasteiger charge is -2.20. The molecule has 0 saturated heterocycles. The van der Waals surface area contributed by atoms with Crippen LogP contribution in [0.2, 0.25) is 0 Å². The zero-order valence-corrected chi connectivity index (χ0v) is 36.0. The SMILES string of the molecule is CCCCCCCCCCCCCC(=O)OCC(Cc1cc(=O)cc2oc3cc(OC(=O)CCCC(=O)O)ccc3nc1-2)OC(=O)CCCCCCCCCCCCC. The Morgan fingerprint density at radius 2 is 1.15 bits per heavy atom. The average Bonchev–Trinajstić information content (AvgIpc) is 3.20. The molecule has 0 spiro atoms. The van der Waals surface area contributed by atoms with Crippen LogP contribution in [0.4, 0.5) is 0 Å². The van der Waals surface area contributed by atoms with Crippen LogP contribution in [-0.4, -0.2) is 46.7 Å². The lowest BCUT2D eigenvalue weighted by Crippen LogP contribution is -2.28. The molecule has 1 aliphatic carbocycles. The summed E-state index contributed by atoms with van der Waals surface area (Å²) in [4.78, 5) is 66.6. The Morgan fingerprint density at radius 1 is 0.627 bits per heavy atom. The minimum Gasteiger partial charge on any atom is -0.481 e. The molecule has 0 fully saturated rings. The molecule has 2 aliphatic rings. The highest BCUT2D eigenvalue weighted by atomic mass is 16.6. The first-order valence-corrected chi connectivity index (χ1v) is 22.8. The summed E-state index contributed by atoms with van der Waals surface area (Å²) in [5.74, 6) is -1.88. The zero-order chi connectivity index (χ0) is 42.5. The summed E-state index contributed by atoms with van der Waals surface area (Å²) in [6, 6.07) is 7.41. The number of carbonyl (C=O) groups excluding carboxylic acids is 3. The number of rotatable bonds is 34. The molecule has 328 valence electrons. The number of carboxylic acid groups (broad SMARTS) is 1. The highest BCUT2D eigenvalue weighted by Gasteiger charge is 2.23. The van der Waals surface area contributed by atoms with Crippen molar-refractivity contribution in [2.45, 2.75) is 200 Å². The van der Waals surface area contributed by atoms with Crippen LogP contribution in [0.5, 0.6) is 5.75 Å². The van der Waals surface area contributed by atoms with E-state index in [0.717, 1.165) is 38.5 Å². The van der Waals surface area contributed by atoms with Crippen molar-refractivity contribution in [3.05, 3.63) is 46.1 Å². The summed E-state index contributed by atoms with van der Waals surface area (Å²) in [6.45, 7) is 4.32. The maximum absolute atomic E-state index is 13.1. The molecule has 0 saturated carbocycles. The van der Waals surface area contributed by atoms with Crippen LogP contribution < -0.4 is 10.2 Å². The lowest BCUT2D eigenvalue weighted by molar-refractivity contribution is -0.159. The van der Waals surface area contributed by atoms with Crippen molar-refractivity contribution in [2.75, 3.05) is 6.61 Å². The predicted octanol–water partition coefficient (Wildman–Crippen LogP) is 11.9. The van der Waals surface area contributed by atoms with Gasteiger partial charge in [0.05, 0.1) is 0 Å². The van der Waals surface area contributed by atoms with Crippen LogP contribution in [0.3, 0.4) is 0 Å². The van der Waals surface area contributed by atoms with Crippen LogP contribution >= 0.6 is 0 Å². The van der Waals surface area contributed by atoms with Gasteiger partial charge in [0, 0.05) is 44.2 Å². The first-order valence-electron chi connectivity index (χ1n) is 22.8. The molecule has 59 heavy (non-hydrogen) atoms. The highest BCUT2D eigenvalue weighted by molar-refractivity contribution is 5.80. The number of aromatic nitrogens is 1. The molecule has 1 aliphatic heterocycles. The van der Waals surface area contributed by atoms with E-state index in [0.29, 0.717) is 29.6 Å². The Balaban J connectivity index is 1.59. The van der Waals surface area contributed by atoms with E-state index in [2.05, 4.69) is 13.8 Å². The van der Waals surface area contributed by atoms with E-state index < -0.39 is 18.0 Å². The predicted molar refractivity (Wildman–Crippen MR) is 231 cm³/mol. The minimum atomic E-state index is -0.989. The number of benzene rings is 2. The van der Waals surface area contributed by atoms with Gasteiger partial charge >= 0.3 is 23.9 Å². The van der Waals surface area contributed by atoms with E-state index >= 15 is 0 Å². The molecule has 1 N–H and O–H groups in total. The van der Waals surface area contributed by atoms with E-state index in [9.17, 15) is 24.0 Å². The lowest BCUT2D eigenvalue weighted by atomic mass is 10.0. The van der Waals surface area contributed by atoms with E-state index in [1.54, 1.807) is 12.1 Å². The summed E-state index contributed by atoms with van der Waals surface area (Å²) in [5, 5.41) is 8.83. The molecular weight excluding hydrogens is 751 g/mol. The topological polar surface area (TPSA) is 159 Å². The maximum atomic E-state index is 13.1. The first kappa shape index (κ1) is 49.1. The van der Waals surface area contributed by atoms with Crippen LogP contribution in [0.25, 0.3) is 22.6 Å². The number of hydrogen-bond acceptors (Lipinski definition) is 10. The van der Waals surface area contributed by atoms with Gasteiger partial charge < -0.3 is 23.7 Å². The van der Waals surface area contributed by atoms with Gasteiger partial charge in [-0.1, -0.05) is 142 Å². The van der Waals surface area contributed by atoms with Crippen molar-refractivity contribution >= 4 is 35.0 Å². The van der Waals surface area contributed by atoms with Crippen LogP contribution in [0.15, 0.2) is 39.5 Å². The Kier molecular flexibility index (Phi) is 24.8. The molecule has 1 aromatic rings. The van der Waals surface area contributed by atoms with Crippen molar-refractivity contribution in [3.8, 4) is 17.2 Å². The summed E-state index contributed by atoms with van der Waals surface area (Å²) >= 11 is 0. The number of hydrogen-bond donors (Lipinski definition) is 1. The Bertz CT molecular complexity index is 1700. The summed E-state index contributed by atoms with van der Waals surface area (Å²) in [6.07, 6.45) is 25.6. The van der Waals surface area contributed by atoms with Gasteiger partial charge in [0.15, 0.2) is 16.8 Å². The standard InChI is InChI=1S/C48H71NO10/c1-3-5-7-9-11-13-15-17-19-21-23-27-45(53)56-36-40(58-46(54)28-24-22-20-18-16-14-12-10-8-6-4-2)33-37-32-38(50)34-43-48(37)49-41-31-30-39(35-42(41)59-43)57-47(55)29-25-26-44(51)52/h30-32,34-35,40H,3-29,33,36H2,1-2H3,(H,51,52). The summed E-state index contributed by atoms with van der Waals surface area (Å²) < 4.78 is 23.0. The van der Waals surface area contributed by atoms with Gasteiger partial charge in [-0.15, -0.1) is 0 Å². The van der Waals surface area contributed by atoms with Gasteiger partial charge in [0.1, 0.15) is 29.7 Å². The van der Waals surface area contributed by atoms with Crippen molar-refractivity contribution in [1.29, 1.82) is 0 Å². The molecule has 0 amide bonds. The molecule has 0 bridgehead atoms. The third-order valence-electron chi connectivity index (χ3n) is 10.7. The molecule has 0 aromatic heterocycles. The molecule has 0 radical (unpaired) electrons. The molecule has 3 rings (SSSR count). The minimum absolute atomic E-state index is 0.0555. The third kappa shape index (κ3) is 21.5. The highest BCUT2D eigenvalue weighted by Crippen LogP contribution is 2.30. The Morgan fingerprint density at radius 3 is 1.71 bits per heavy atom. The van der Waals surface area contributed by atoms with E-state index in [-0.39, 0.29) is 73.2 Å². The zero-order valence-electron chi connectivity index (χ0n) is 36.0. The smallest absolute Gasteiger partial charge is 0.311 e. The number of aliphatic carboxylic acids is 1. The first-order chi connectivity index (χ1) is 28.7. The van der Waals surface area contributed by atoms with Gasteiger partial charge in [0.2, 0.25) is 0 Å². The van der Waals surface area contributed by atoms with E-state index in [1.807, 2.05) is 0 Å². The largest absolute Gasteiger partial charge is 0.481 e. The number of fused-ring (bicyclic) bond motifs is 2. The monoisotopic (exact) mass is 822 g/mol. The van der Waals surface area contributed by atoms with E-state index in [1.165, 1.54) is 115 Å². The second kappa shape index (κ2) is 29.9.